The van der Waals surface area contributed by atoms with Gasteiger partial charge in [0.05, 0.1) is 12.1 Å². The molecule has 0 atom stereocenters. The molecule has 1 heterocycles. The molecule has 3 rings (SSSR count). The first kappa shape index (κ1) is 14.8. The molecule has 1 N–H and O–H groups in total. The number of carbonyl (C=O) groups excluding carboxylic acids is 1. The van der Waals surface area contributed by atoms with Crippen molar-refractivity contribution in [2.75, 3.05) is 0 Å². The van der Waals surface area contributed by atoms with Gasteiger partial charge in [0.15, 0.2) is 0 Å². The van der Waals surface area contributed by atoms with Crippen LogP contribution in [0.2, 0.25) is 5.02 Å². The maximum absolute atomic E-state index is 12.8. The Morgan fingerprint density at radius 3 is 2.45 bits per heavy atom. The average molecular weight is 314 g/mol. The molecule has 0 unspecified atom stereocenters. The molecule has 0 saturated carbocycles. The molecule has 0 fully saturated rings. The number of aliphatic hydroxyl groups is 1. The van der Waals surface area contributed by atoms with Gasteiger partial charge in [-0.25, -0.2) is 0 Å². The van der Waals surface area contributed by atoms with E-state index in [9.17, 15) is 9.90 Å². The maximum Gasteiger partial charge on any atom is 0.262 e. The molecule has 0 aliphatic heterocycles. The van der Waals surface area contributed by atoms with Crippen molar-refractivity contribution in [3.8, 4) is 0 Å². The van der Waals surface area contributed by atoms with E-state index >= 15 is 0 Å². The number of carbonyl (C=O) groups is 1. The summed E-state index contributed by atoms with van der Waals surface area (Å²) in [5.74, 6) is -0.0796. The number of halogens is 1. The van der Waals surface area contributed by atoms with Gasteiger partial charge in [0, 0.05) is 21.7 Å². The standard InChI is InChI=1S/C18H16ClNO2/c1-11-12(2)20(17-8-3-13(10-21)9-16(11)17)18(22)14-4-6-15(19)7-5-14/h3-9,21H,10H2,1-2H3. The summed E-state index contributed by atoms with van der Waals surface area (Å²) in [5, 5.41) is 10.9. The quantitative estimate of drug-likeness (QED) is 0.774. The van der Waals surface area contributed by atoms with E-state index in [0.717, 1.165) is 27.7 Å². The van der Waals surface area contributed by atoms with Crippen LogP contribution in [0.5, 0.6) is 0 Å². The Morgan fingerprint density at radius 1 is 1.14 bits per heavy atom. The van der Waals surface area contributed by atoms with E-state index in [1.807, 2.05) is 32.0 Å². The highest BCUT2D eigenvalue weighted by atomic mass is 35.5. The molecule has 1 aromatic heterocycles. The number of aliphatic hydroxyl groups excluding tert-OH is 1. The molecule has 4 heteroatoms. The van der Waals surface area contributed by atoms with Crippen LogP contribution in [-0.2, 0) is 6.61 Å². The lowest BCUT2D eigenvalue weighted by Crippen LogP contribution is -2.13. The summed E-state index contributed by atoms with van der Waals surface area (Å²) in [6, 6.07) is 12.5. The van der Waals surface area contributed by atoms with Crippen LogP contribution in [0.25, 0.3) is 10.9 Å². The molecule has 0 aliphatic rings. The van der Waals surface area contributed by atoms with Gasteiger partial charge in [-0.1, -0.05) is 17.7 Å². The van der Waals surface area contributed by atoms with E-state index < -0.39 is 0 Å². The molecule has 3 nitrogen and oxygen atoms in total. The number of hydrogen-bond acceptors (Lipinski definition) is 2. The number of rotatable bonds is 2. The fourth-order valence-electron chi connectivity index (χ4n) is 2.70. The van der Waals surface area contributed by atoms with Crippen molar-refractivity contribution in [3.05, 3.63) is 69.9 Å². The van der Waals surface area contributed by atoms with Crippen LogP contribution < -0.4 is 0 Å². The number of benzene rings is 2. The van der Waals surface area contributed by atoms with Crippen LogP contribution in [0, 0.1) is 13.8 Å². The van der Waals surface area contributed by atoms with E-state index in [1.165, 1.54) is 0 Å². The highest BCUT2D eigenvalue weighted by molar-refractivity contribution is 6.30. The van der Waals surface area contributed by atoms with Gasteiger partial charge in [-0.3, -0.25) is 9.36 Å². The molecule has 112 valence electrons. The molecule has 2 aromatic carbocycles. The molecular weight excluding hydrogens is 298 g/mol. The van der Waals surface area contributed by atoms with Gasteiger partial charge in [0.1, 0.15) is 0 Å². The predicted octanol–water partition coefficient (Wildman–Crippen LogP) is 4.09. The fourth-order valence-corrected chi connectivity index (χ4v) is 2.83. The average Bonchev–Trinajstić information content (AvgIpc) is 2.78. The first-order valence-corrected chi connectivity index (χ1v) is 7.42. The zero-order valence-electron chi connectivity index (χ0n) is 12.4. The topological polar surface area (TPSA) is 42.2 Å². The molecule has 3 aromatic rings. The summed E-state index contributed by atoms with van der Waals surface area (Å²) in [4.78, 5) is 12.8. The molecular formula is C18H16ClNO2. The normalized spacial score (nSPS) is 11.1. The second-order valence-corrected chi connectivity index (χ2v) is 5.80. The lowest BCUT2D eigenvalue weighted by Gasteiger charge is -2.07. The van der Waals surface area contributed by atoms with E-state index in [1.54, 1.807) is 28.8 Å². The van der Waals surface area contributed by atoms with Gasteiger partial charge >= 0.3 is 0 Å². The zero-order chi connectivity index (χ0) is 15.9. The van der Waals surface area contributed by atoms with Crippen molar-refractivity contribution in [3.63, 3.8) is 0 Å². The van der Waals surface area contributed by atoms with Crippen molar-refractivity contribution in [2.45, 2.75) is 20.5 Å². The summed E-state index contributed by atoms with van der Waals surface area (Å²) >= 11 is 5.88. The van der Waals surface area contributed by atoms with Gasteiger partial charge < -0.3 is 5.11 Å². The molecule has 0 bridgehead atoms. The third-order valence-electron chi connectivity index (χ3n) is 4.06. The lowest BCUT2D eigenvalue weighted by molar-refractivity contribution is 0.0963. The summed E-state index contributed by atoms with van der Waals surface area (Å²) < 4.78 is 1.72. The van der Waals surface area contributed by atoms with Crippen molar-refractivity contribution >= 4 is 28.4 Å². The van der Waals surface area contributed by atoms with Crippen molar-refractivity contribution in [2.24, 2.45) is 0 Å². The van der Waals surface area contributed by atoms with Crippen LogP contribution in [0.1, 0.15) is 27.2 Å². The van der Waals surface area contributed by atoms with E-state index in [-0.39, 0.29) is 12.5 Å². The smallest absolute Gasteiger partial charge is 0.262 e. The van der Waals surface area contributed by atoms with E-state index in [0.29, 0.717) is 10.6 Å². The van der Waals surface area contributed by atoms with Crippen LogP contribution in [0.3, 0.4) is 0 Å². The minimum Gasteiger partial charge on any atom is -0.392 e. The molecule has 0 aliphatic carbocycles. The van der Waals surface area contributed by atoms with Gasteiger partial charge in [0.25, 0.3) is 5.91 Å². The molecule has 22 heavy (non-hydrogen) atoms. The van der Waals surface area contributed by atoms with Crippen LogP contribution in [0.15, 0.2) is 42.5 Å². The summed E-state index contributed by atoms with van der Waals surface area (Å²) in [6.45, 7) is 3.91. The Hall–Kier alpha value is -2.10. The summed E-state index contributed by atoms with van der Waals surface area (Å²) in [5.41, 5.74) is 4.24. The first-order valence-electron chi connectivity index (χ1n) is 7.04. The second kappa shape index (κ2) is 5.59. The fraction of sp³-hybridized carbons (Fsp3) is 0.167. The van der Waals surface area contributed by atoms with Crippen LogP contribution in [-0.4, -0.2) is 15.6 Å². The van der Waals surface area contributed by atoms with Crippen molar-refractivity contribution in [1.29, 1.82) is 0 Å². The Kier molecular flexibility index (Phi) is 3.77. The highest BCUT2D eigenvalue weighted by Crippen LogP contribution is 2.27. The first-order chi connectivity index (χ1) is 10.5. The number of hydrogen-bond donors (Lipinski definition) is 1. The van der Waals surface area contributed by atoms with Gasteiger partial charge in [-0.05, 0) is 61.4 Å². The highest BCUT2D eigenvalue weighted by Gasteiger charge is 2.18. The lowest BCUT2D eigenvalue weighted by atomic mass is 10.1. The van der Waals surface area contributed by atoms with Gasteiger partial charge in [-0.15, -0.1) is 0 Å². The van der Waals surface area contributed by atoms with E-state index in [2.05, 4.69) is 0 Å². The Morgan fingerprint density at radius 2 is 1.82 bits per heavy atom. The van der Waals surface area contributed by atoms with Crippen molar-refractivity contribution < 1.29 is 9.90 Å². The minimum absolute atomic E-state index is 0.00919. The monoisotopic (exact) mass is 313 g/mol. The Balaban J connectivity index is 2.20. The molecule has 0 amide bonds. The predicted molar refractivity (Wildman–Crippen MR) is 88.5 cm³/mol. The largest absolute Gasteiger partial charge is 0.392 e. The number of aromatic nitrogens is 1. The SMILES string of the molecule is Cc1c(C)n(C(=O)c2ccc(Cl)cc2)c2ccc(CO)cc12. The third kappa shape index (κ3) is 2.32. The number of nitrogens with zero attached hydrogens (tertiary/aromatic N) is 1. The van der Waals surface area contributed by atoms with Crippen LogP contribution in [0.4, 0.5) is 0 Å². The third-order valence-corrected chi connectivity index (χ3v) is 4.31. The number of fused-ring (bicyclic) bond motifs is 1. The number of aryl methyl sites for hydroxylation is 1. The zero-order valence-corrected chi connectivity index (χ0v) is 13.2. The second-order valence-electron chi connectivity index (χ2n) is 5.37. The van der Waals surface area contributed by atoms with Crippen molar-refractivity contribution in [1.82, 2.24) is 4.57 Å². The van der Waals surface area contributed by atoms with Gasteiger partial charge in [0.2, 0.25) is 0 Å². The molecule has 0 radical (unpaired) electrons. The van der Waals surface area contributed by atoms with Crippen LogP contribution >= 0.6 is 11.6 Å². The maximum atomic E-state index is 12.8. The van der Waals surface area contributed by atoms with E-state index in [4.69, 9.17) is 11.6 Å². The Labute approximate surface area is 133 Å². The van der Waals surface area contributed by atoms with Gasteiger partial charge in [-0.2, -0.15) is 0 Å². The summed E-state index contributed by atoms with van der Waals surface area (Å²) in [7, 11) is 0. The molecule has 0 spiro atoms. The Bertz CT molecular complexity index is 863. The summed E-state index contributed by atoms with van der Waals surface area (Å²) in [6.07, 6.45) is 0. The molecule has 0 saturated heterocycles. The minimum atomic E-state index is -0.0796.